The topological polar surface area (TPSA) is 134 Å². The van der Waals surface area contributed by atoms with Crippen molar-refractivity contribution in [1.82, 2.24) is 0 Å². The van der Waals surface area contributed by atoms with Gasteiger partial charge in [-0.15, -0.1) is 0 Å². The van der Waals surface area contributed by atoms with Gasteiger partial charge in [-0.2, -0.15) is 0 Å². The second kappa shape index (κ2) is 61.6. The molecule has 0 aliphatic carbocycles. The van der Waals surface area contributed by atoms with Crippen molar-refractivity contribution in [2.24, 2.45) is 5.73 Å². The van der Waals surface area contributed by atoms with Crippen LogP contribution in [0, 0.1) is 0 Å². The van der Waals surface area contributed by atoms with Crippen molar-refractivity contribution in [1.29, 1.82) is 0 Å². The zero-order valence-corrected chi connectivity index (χ0v) is 50.0. The van der Waals surface area contributed by atoms with Gasteiger partial charge >= 0.3 is 19.8 Å². The van der Waals surface area contributed by atoms with Crippen LogP contribution in [0.15, 0.2) is 122 Å². The van der Waals surface area contributed by atoms with Gasteiger partial charge in [-0.05, 0) is 103 Å². The molecule has 0 rings (SSSR count). The number of carbonyl (C=O) groups excluding carboxylic acids is 2. The Labute approximate surface area is 472 Å². The average Bonchev–Trinajstić information content (AvgIpc) is 3.42. The highest BCUT2D eigenvalue weighted by Crippen LogP contribution is 2.43. The molecule has 0 radical (unpaired) electrons. The Hall–Kier alpha value is -3.59. The molecule has 0 aromatic heterocycles. The molecule has 10 heteroatoms. The molecule has 2 unspecified atom stereocenters. The van der Waals surface area contributed by atoms with Crippen LogP contribution in [-0.2, 0) is 32.7 Å². The maximum Gasteiger partial charge on any atom is 0.472 e. The lowest BCUT2D eigenvalue weighted by Gasteiger charge is -2.19. The summed E-state index contributed by atoms with van der Waals surface area (Å²) in [6.45, 7) is 3.55. The first-order valence-corrected chi connectivity index (χ1v) is 32.5. The van der Waals surface area contributed by atoms with Crippen LogP contribution in [0.1, 0.15) is 258 Å². The molecule has 3 N–H and O–H groups in total. The summed E-state index contributed by atoms with van der Waals surface area (Å²) < 4.78 is 33.0. The first-order valence-electron chi connectivity index (χ1n) is 31.0. The summed E-state index contributed by atoms with van der Waals surface area (Å²) in [6, 6.07) is 0. The van der Waals surface area contributed by atoms with Gasteiger partial charge < -0.3 is 20.1 Å². The van der Waals surface area contributed by atoms with E-state index in [9.17, 15) is 19.0 Å². The van der Waals surface area contributed by atoms with Crippen molar-refractivity contribution in [2.45, 2.75) is 264 Å². The van der Waals surface area contributed by atoms with Crippen LogP contribution in [0.2, 0.25) is 0 Å². The molecule has 0 saturated carbocycles. The molecule has 440 valence electrons. The molecule has 0 spiro atoms. The summed E-state index contributed by atoms with van der Waals surface area (Å²) in [5.74, 6) is -0.899. The lowest BCUT2D eigenvalue weighted by Crippen LogP contribution is -2.29. The average molecular weight is 1090 g/mol. The molecular weight excluding hydrogens is 978 g/mol. The second-order valence-corrected chi connectivity index (χ2v) is 21.6. The number of ether oxygens (including phenoxy) is 2. The number of allylic oxidation sites excluding steroid dienone is 20. The molecule has 9 nitrogen and oxygen atoms in total. The minimum absolute atomic E-state index is 0.0386. The van der Waals surface area contributed by atoms with Gasteiger partial charge in [0.25, 0.3) is 0 Å². The number of hydrogen-bond acceptors (Lipinski definition) is 8. The zero-order chi connectivity index (χ0) is 55.9. The monoisotopic (exact) mass is 1090 g/mol. The number of phosphoric ester groups is 1. The molecule has 0 fully saturated rings. The van der Waals surface area contributed by atoms with E-state index in [1.807, 2.05) is 6.08 Å². The summed E-state index contributed by atoms with van der Waals surface area (Å²) in [5.41, 5.74) is 5.38. The Morgan fingerprint density at radius 2 is 0.727 bits per heavy atom. The lowest BCUT2D eigenvalue weighted by molar-refractivity contribution is -0.161. The standard InChI is InChI=1S/C67H114NO8P/c1-3-5-7-9-11-13-15-17-19-21-23-25-27-28-29-30-31-32-33-34-35-36-38-39-41-43-45-47-49-51-53-55-57-59-66(69)73-63-65(64-75-77(71,72)74-62-61-68)76-67(70)60-58-56-54-52-50-48-46-44-42-40-37-26-24-22-20-18-16-14-12-10-8-6-4-2/h6,8,12,14-15,17-18,20-21,23-24,26-28,40,42,46,48,52,54,65H,3-5,7,9-11,13,16,19,22,25,29-39,41,43-45,47,49-51,53,55-64,68H2,1-2H3,(H,71,72)/b8-6-,14-12-,17-15-,20-18-,23-21-,26-24-,28-27-,42-40-,48-46-,54-52-. The molecule has 0 bridgehead atoms. The number of esters is 2. The highest BCUT2D eigenvalue weighted by Gasteiger charge is 2.26. The fourth-order valence-electron chi connectivity index (χ4n) is 8.28. The van der Waals surface area contributed by atoms with Crippen molar-refractivity contribution in [3.05, 3.63) is 122 Å². The fraction of sp³-hybridized carbons (Fsp3) is 0.672. The van der Waals surface area contributed by atoms with Gasteiger partial charge in [-0.3, -0.25) is 18.6 Å². The van der Waals surface area contributed by atoms with E-state index in [0.717, 1.165) is 77.0 Å². The highest BCUT2D eigenvalue weighted by molar-refractivity contribution is 7.47. The third-order valence-corrected chi connectivity index (χ3v) is 13.8. The highest BCUT2D eigenvalue weighted by atomic mass is 31.2. The van der Waals surface area contributed by atoms with Crippen molar-refractivity contribution in [3.8, 4) is 0 Å². The zero-order valence-electron chi connectivity index (χ0n) is 49.2. The first-order chi connectivity index (χ1) is 37.8. The van der Waals surface area contributed by atoms with Crippen LogP contribution < -0.4 is 5.73 Å². The smallest absolute Gasteiger partial charge is 0.462 e. The number of rotatable bonds is 57. The van der Waals surface area contributed by atoms with Gasteiger partial charge in [0.2, 0.25) is 0 Å². The molecular formula is C67H114NO8P. The van der Waals surface area contributed by atoms with Gasteiger partial charge in [0.1, 0.15) is 6.61 Å². The number of hydrogen-bond donors (Lipinski definition) is 2. The Morgan fingerprint density at radius 1 is 0.403 bits per heavy atom. The number of nitrogens with two attached hydrogens (primary N) is 1. The quantitative estimate of drug-likeness (QED) is 0.0264. The minimum Gasteiger partial charge on any atom is -0.462 e. The van der Waals surface area contributed by atoms with Gasteiger partial charge in [-0.25, -0.2) is 4.57 Å². The van der Waals surface area contributed by atoms with Gasteiger partial charge in [0.15, 0.2) is 6.10 Å². The SMILES string of the molecule is CC/C=C\C/C=C\C/C=C\C/C=C\C/C=C\C/C=C\C/C=C\CCCC(=O)OC(COC(=O)CCCCCCCCCCCCCCCCCCCC/C=C\C/C=C\C/C=C\CCCCCCC)COP(=O)(O)OCCN. The largest absolute Gasteiger partial charge is 0.472 e. The molecule has 0 aromatic carbocycles. The van der Waals surface area contributed by atoms with E-state index in [1.165, 1.54) is 141 Å². The number of phosphoric acid groups is 1. The maximum atomic E-state index is 12.7. The second-order valence-electron chi connectivity index (χ2n) is 20.2. The van der Waals surface area contributed by atoms with E-state index < -0.39 is 32.5 Å². The van der Waals surface area contributed by atoms with Crippen molar-refractivity contribution >= 4 is 19.8 Å². The third kappa shape index (κ3) is 61.5. The Balaban J connectivity index is 3.99. The molecule has 0 saturated heterocycles. The predicted octanol–water partition coefficient (Wildman–Crippen LogP) is 20.0. The molecule has 0 aliphatic heterocycles. The number of unbranched alkanes of at least 4 members (excludes halogenated alkanes) is 24. The van der Waals surface area contributed by atoms with E-state index in [-0.39, 0.29) is 32.6 Å². The third-order valence-electron chi connectivity index (χ3n) is 12.8. The molecule has 0 aliphatic rings. The minimum atomic E-state index is -4.41. The normalized spacial score (nSPS) is 13.9. The van der Waals surface area contributed by atoms with Crippen LogP contribution in [-0.4, -0.2) is 49.3 Å². The van der Waals surface area contributed by atoms with Crippen LogP contribution in [0.25, 0.3) is 0 Å². The summed E-state index contributed by atoms with van der Waals surface area (Å²) in [6.07, 6.45) is 85.7. The molecule has 77 heavy (non-hydrogen) atoms. The van der Waals surface area contributed by atoms with Crippen molar-refractivity contribution in [3.63, 3.8) is 0 Å². The van der Waals surface area contributed by atoms with E-state index in [4.69, 9.17) is 24.3 Å². The van der Waals surface area contributed by atoms with Gasteiger partial charge in [0, 0.05) is 19.4 Å². The molecule has 2 atom stereocenters. The van der Waals surface area contributed by atoms with Crippen LogP contribution in [0.4, 0.5) is 0 Å². The van der Waals surface area contributed by atoms with Gasteiger partial charge in [-0.1, -0.05) is 264 Å². The van der Waals surface area contributed by atoms with E-state index in [2.05, 4.69) is 129 Å². The van der Waals surface area contributed by atoms with E-state index in [1.54, 1.807) is 0 Å². The summed E-state index contributed by atoms with van der Waals surface area (Å²) in [5, 5.41) is 0. The van der Waals surface area contributed by atoms with E-state index >= 15 is 0 Å². The molecule has 0 heterocycles. The van der Waals surface area contributed by atoms with Crippen molar-refractivity contribution in [2.75, 3.05) is 26.4 Å². The Morgan fingerprint density at radius 3 is 1.10 bits per heavy atom. The summed E-state index contributed by atoms with van der Waals surface area (Å²) in [7, 11) is -4.41. The predicted molar refractivity (Wildman–Crippen MR) is 330 cm³/mol. The Kier molecular flexibility index (Phi) is 58.7. The molecule has 0 aromatic rings. The first kappa shape index (κ1) is 73.4. The summed E-state index contributed by atoms with van der Waals surface area (Å²) >= 11 is 0. The lowest BCUT2D eigenvalue weighted by atomic mass is 10.0. The van der Waals surface area contributed by atoms with Gasteiger partial charge in [0.05, 0.1) is 13.2 Å². The van der Waals surface area contributed by atoms with Crippen molar-refractivity contribution < 1.29 is 37.6 Å². The summed E-state index contributed by atoms with van der Waals surface area (Å²) in [4.78, 5) is 35.2. The number of carbonyl (C=O) groups is 2. The van der Waals surface area contributed by atoms with Crippen LogP contribution in [0.5, 0.6) is 0 Å². The Bertz CT molecular complexity index is 1670. The maximum absolute atomic E-state index is 12.7. The van der Waals surface area contributed by atoms with Crippen LogP contribution >= 0.6 is 7.82 Å². The van der Waals surface area contributed by atoms with E-state index in [0.29, 0.717) is 12.8 Å². The van der Waals surface area contributed by atoms with Crippen LogP contribution in [0.3, 0.4) is 0 Å². The molecule has 0 amide bonds. The fourth-order valence-corrected chi connectivity index (χ4v) is 9.05.